The molecule has 0 amide bonds. The van der Waals surface area contributed by atoms with E-state index >= 15 is 0 Å². The minimum absolute atomic E-state index is 0.680. The molecule has 0 saturated carbocycles. The van der Waals surface area contributed by atoms with Gasteiger partial charge >= 0.3 is 0 Å². The van der Waals surface area contributed by atoms with Crippen molar-refractivity contribution in [2.45, 2.75) is 6.42 Å². The summed E-state index contributed by atoms with van der Waals surface area (Å²) in [6, 6.07) is 0. The molecular weight excluding hydrogens is 172 g/mol. The maximum absolute atomic E-state index is 10.1. The fraction of sp³-hybridized carbons (Fsp3) is 0.875. The lowest BCUT2D eigenvalue weighted by molar-refractivity contribution is -0.108. The topological polar surface area (TPSA) is 23.6 Å². The second kappa shape index (κ2) is 5.56. The van der Waals surface area contributed by atoms with Gasteiger partial charge in [-0.2, -0.15) is 0 Å². The van der Waals surface area contributed by atoms with E-state index in [1.54, 1.807) is 0 Å². The summed E-state index contributed by atoms with van der Waals surface area (Å²) in [5.41, 5.74) is 0. The highest BCUT2D eigenvalue weighted by Gasteiger charge is 2.14. The molecule has 1 rings (SSSR count). The highest BCUT2D eigenvalue weighted by atomic mass is 32.2. The molecule has 12 heavy (non-hydrogen) atoms. The predicted molar refractivity (Wildman–Crippen MR) is 52.2 cm³/mol. The van der Waals surface area contributed by atoms with E-state index in [-0.39, 0.29) is 0 Å². The van der Waals surface area contributed by atoms with Crippen molar-refractivity contribution in [2.75, 3.05) is 39.0 Å². The van der Waals surface area contributed by atoms with Gasteiger partial charge in [-0.25, -0.2) is 4.31 Å². The first-order valence-corrected chi connectivity index (χ1v) is 5.50. The molecule has 0 radical (unpaired) electrons. The second-order valence-electron chi connectivity index (χ2n) is 2.91. The van der Waals surface area contributed by atoms with E-state index in [1.807, 2.05) is 11.9 Å². The first kappa shape index (κ1) is 10.0. The average molecular weight is 188 g/mol. The molecule has 3 nitrogen and oxygen atoms in total. The molecule has 1 aliphatic heterocycles. The van der Waals surface area contributed by atoms with Crippen LogP contribution in [0.2, 0.25) is 0 Å². The minimum Gasteiger partial charge on any atom is -0.303 e. The van der Waals surface area contributed by atoms with Crippen LogP contribution in [0.3, 0.4) is 0 Å². The van der Waals surface area contributed by atoms with Gasteiger partial charge in [0.05, 0.1) is 0 Å². The minimum atomic E-state index is 0.680. The van der Waals surface area contributed by atoms with E-state index in [1.165, 1.54) is 0 Å². The second-order valence-corrected chi connectivity index (χ2v) is 3.79. The Morgan fingerprint density at radius 3 is 2.50 bits per heavy atom. The zero-order chi connectivity index (χ0) is 8.81. The Kier molecular flexibility index (Phi) is 4.65. The lowest BCUT2D eigenvalue weighted by Gasteiger charge is -2.32. The number of aldehydes is 1. The molecule has 70 valence electrons. The molecule has 0 aromatic carbocycles. The average Bonchev–Trinajstić information content (AvgIpc) is 2.15. The normalized spacial score (nSPS) is 21.1. The third kappa shape index (κ3) is 3.13. The number of rotatable bonds is 4. The third-order valence-electron chi connectivity index (χ3n) is 2.15. The van der Waals surface area contributed by atoms with E-state index < -0.39 is 0 Å². The SMILES string of the molecule is CSN1CCN(CCC=O)CC1. The number of nitrogens with zero attached hydrogens (tertiary/aromatic N) is 2. The van der Waals surface area contributed by atoms with Crippen molar-refractivity contribution in [1.29, 1.82) is 0 Å². The fourth-order valence-corrected chi connectivity index (χ4v) is 1.90. The van der Waals surface area contributed by atoms with Crippen LogP contribution < -0.4 is 0 Å². The van der Waals surface area contributed by atoms with Crippen molar-refractivity contribution in [3.05, 3.63) is 0 Å². The van der Waals surface area contributed by atoms with Crippen LogP contribution in [-0.4, -0.2) is 54.5 Å². The highest BCUT2D eigenvalue weighted by Crippen LogP contribution is 2.09. The van der Waals surface area contributed by atoms with Crippen LogP contribution in [0, 0.1) is 0 Å². The van der Waals surface area contributed by atoms with Crippen LogP contribution in [0.25, 0.3) is 0 Å². The van der Waals surface area contributed by atoms with Gasteiger partial charge in [0.15, 0.2) is 0 Å². The maximum atomic E-state index is 10.1. The molecule has 0 aromatic heterocycles. The molecule has 1 saturated heterocycles. The van der Waals surface area contributed by atoms with Crippen molar-refractivity contribution < 1.29 is 4.79 Å². The van der Waals surface area contributed by atoms with Gasteiger partial charge in [-0.15, -0.1) is 0 Å². The van der Waals surface area contributed by atoms with Crippen LogP contribution >= 0.6 is 11.9 Å². The highest BCUT2D eigenvalue weighted by molar-refractivity contribution is 7.96. The predicted octanol–water partition coefficient (Wildman–Crippen LogP) is 0.471. The Balaban J connectivity index is 2.12. The fourth-order valence-electron chi connectivity index (χ4n) is 1.37. The van der Waals surface area contributed by atoms with Crippen LogP contribution in [0.5, 0.6) is 0 Å². The molecule has 0 atom stereocenters. The number of hydrogen-bond acceptors (Lipinski definition) is 4. The summed E-state index contributed by atoms with van der Waals surface area (Å²) in [5.74, 6) is 0. The lowest BCUT2D eigenvalue weighted by atomic mass is 10.3. The summed E-state index contributed by atoms with van der Waals surface area (Å²) in [7, 11) is 0. The van der Waals surface area contributed by atoms with Gasteiger partial charge in [0.2, 0.25) is 0 Å². The Morgan fingerprint density at radius 1 is 1.33 bits per heavy atom. The first-order valence-electron chi connectivity index (χ1n) is 4.32. The van der Waals surface area contributed by atoms with E-state index in [2.05, 4.69) is 15.5 Å². The Hall–Kier alpha value is -0.0600. The van der Waals surface area contributed by atoms with Gasteiger partial charge in [0, 0.05) is 39.1 Å². The molecule has 0 aromatic rings. The van der Waals surface area contributed by atoms with E-state index in [0.29, 0.717) is 6.42 Å². The molecule has 1 fully saturated rings. The van der Waals surface area contributed by atoms with Crippen molar-refractivity contribution in [3.8, 4) is 0 Å². The molecule has 0 unspecified atom stereocenters. The van der Waals surface area contributed by atoms with Crippen molar-refractivity contribution in [3.63, 3.8) is 0 Å². The van der Waals surface area contributed by atoms with Crippen LogP contribution in [-0.2, 0) is 4.79 Å². The number of hydrogen-bond donors (Lipinski definition) is 0. The van der Waals surface area contributed by atoms with Gasteiger partial charge in [-0.3, -0.25) is 0 Å². The van der Waals surface area contributed by atoms with E-state index in [9.17, 15) is 4.79 Å². The zero-order valence-corrected chi connectivity index (χ0v) is 8.35. The van der Waals surface area contributed by atoms with Gasteiger partial charge in [0.25, 0.3) is 0 Å². The summed E-state index contributed by atoms with van der Waals surface area (Å²) >= 11 is 1.81. The number of carbonyl (C=O) groups is 1. The smallest absolute Gasteiger partial charge is 0.121 e. The van der Waals surface area contributed by atoms with Crippen LogP contribution in [0.4, 0.5) is 0 Å². The van der Waals surface area contributed by atoms with Gasteiger partial charge in [-0.05, 0) is 6.26 Å². The number of carbonyl (C=O) groups excluding carboxylic acids is 1. The summed E-state index contributed by atoms with van der Waals surface area (Å²) < 4.78 is 2.36. The molecule has 4 heteroatoms. The molecule has 0 bridgehead atoms. The molecule has 0 aliphatic carbocycles. The van der Waals surface area contributed by atoms with Crippen LogP contribution in [0.1, 0.15) is 6.42 Å². The summed E-state index contributed by atoms with van der Waals surface area (Å²) in [6.07, 6.45) is 3.79. The largest absolute Gasteiger partial charge is 0.303 e. The molecule has 1 heterocycles. The summed E-state index contributed by atoms with van der Waals surface area (Å²) in [4.78, 5) is 12.5. The van der Waals surface area contributed by atoms with Crippen molar-refractivity contribution >= 4 is 18.2 Å². The standard InChI is InChI=1S/C8H16N2OS/c1-12-10-6-4-9(5-7-10)3-2-8-11/h8H,2-7H2,1H3. The Morgan fingerprint density at radius 2 is 2.00 bits per heavy atom. The monoisotopic (exact) mass is 188 g/mol. The molecule has 0 N–H and O–H groups in total. The molecule has 0 spiro atoms. The van der Waals surface area contributed by atoms with E-state index in [4.69, 9.17) is 0 Å². The maximum Gasteiger partial charge on any atom is 0.121 e. The molecule has 1 aliphatic rings. The number of piperazine rings is 1. The summed E-state index contributed by atoms with van der Waals surface area (Å²) in [5, 5.41) is 0. The Labute approximate surface area is 78.2 Å². The van der Waals surface area contributed by atoms with Gasteiger partial charge < -0.3 is 9.69 Å². The van der Waals surface area contributed by atoms with Gasteiger partial charge in [0.1, 0.15) is 6.29 Å². The van der Waals surface area contributed by atoms with Crippen molar-refractivity contribution in [1.82, 2.24) is 9.21 Å². The quantitative estimate of drug-likeness (QED) is 0.473. The van der Waals surface area contributed by atoms with Crippen LogP contribution in [0.15, 0.2) is 0 Å². The van der Waals surface area contributed by atoms with E-state index in [0.717, 1.165) is 39.0 Å². The zero-order valence-electron chi connectivity index (χ0n) is 7.53. The third-order valence-corrected chi connectivity index (χ3v) is 3.03. The van der Waals surface area contributed by atoms with Crippen molar-refractivity contribution in [2.24, 2.45) is 0 Å². The first-order chi connectivity index (χ1) is 5.86. The lowest BCUT2D eigenvalue weighted by Crippen LogP contribution is -2.43. The Bertz CT molecular complexity index is 135. The van der Waals surface area contributed by atoms with Gasteiger partial charge in [-0.1, -0.05) is 11.9 Å². The molecular formula is C8H16N2OS. The summed E-state index contributed by atoms with van der Waals surface area (Å²) in [6.45, 7) is 5.40.